The molecule has 13 N–H and O–H groups in total. The Labute approximate surface area is 529 Å². The number of H-pyrrole nitrogens is 1. The van der Waals surface area contributed by atoms with Gasteiger partial charge in [-0.05, 0) is 150 Å². The van der Waals surface area contributed by atoms with Crippen LogP contribution in [0.3, 0.4) is 0 Å². The Balaban J connectivity index is -0.000000247. The smallest absolute Gasteiger partial charge is 1.00 e. The van der Waals surface area contributed by atoms with Crippen molar-refractivity contribution in [3.63, 3.8) is 0 Å². The molecule has 0 bridgehead atoms. The summed E-state index contributed by atoms with van der Waals surface area (Å²) in [6.07, 6.45) is 0. The molecule has 75 heavy (non-hydrogen) atoms. The predicted octanol–water partition coefficient (Wildman–Crippen LogP) is 11.2. The molecule has 0 aliphatic carbocycles. The van der Waals surface area contributed by atoms with Gasteiger partial charge in [0.2, 0.25) is 0 Å². The number of hydrogen-bond donors (Lipinski definition) is 7. The van der Waals surface area contributed by atoms with Crippen LogP contribution in [-0.4, -0.2) is 49.2 Å². The standard InChI is InChI=1S/C10H10N2S.C7H9BO3.C7H7Br.C6H6BrN.C4H4BrNS.C4H6N2S.C4H9NO2.C3H5BrO.CH4N2S.3BrH.ClH.Cu/c1-7-6-13-10(12-7)8-2-4-9(11)5-3-8;1-6-2-4-7(5-3-6)8(9)11-10;1-6-2-4-7(8)5-3-6;7-5-1-3-6(8)4-2-5;2*1-3-2-7-4(5)6-3;1-4(2,3)7-5-6;1-3(5)2-4;2-1(3)4;;;;;/h2-6H,11H2,1H3;2-5,9-10H,1H3;2-5H,1H3;1-4H,8H2;2H,1H3;2H,1H3,(H2,5,6);1-3H3;2H2,1H3;(H4,2,3,4);4*1H;/q;;;;;;;;;;;;;+2/p-2. The number of nitrogens with two attached hydrogens (primary N) is 5. The number of hydrogen-bond acceptors (Lipinski definition) is 16. The number of aromatic nitrogens is 3. The van der Waals surface area contributed by atoms with Crippen LogP contribution in [0.2, 0.25) is 0 Å². The third kappa shape index (κ3) is 53.8. The van der Waals surface area contributed by atoms with Crippen molar-refractivity contribution >= 4 is 195 Å². The second-order valence-electron chi connectivity index (χ2n) is 14.8. The van der Waals surface area contributed by atoms with E-state index in [4.69, 9.17) is 27.5 Å². The van der Waals surface area contributed by atoms with Crippen LogP contribution in [0, 0.1) is 39.5 Å². The summed E-state index contributed by atoms with van der Waals surface area (Å²) in [5, 5.41) is 27.7. The summed E-state index contributed by atoms with van der Waals surface area (Å²) >= 11 is 29.1. The summed E-state index contributed by atoms with van der Waals surface area (Å²) in [5.74, 6) is 0.171. The fourth-order valence-electron chi connectivity index (χ4n) is 3.76. The number of halogens is 8. The molecule has 7 rings (SSSR count). The zero-order valence-electron chi connectivity index (χ0n) is 42.0. The Bertz CT molecular complexity index is 2350. The number of carbonyl (C=O) groups is 1. The minimum absolute atomic E-state index is 0. The van der Waals surface area contributed by atoms with Gasteiger partial charge in [0.1, 0.15) is 11.4 Å². The molecule has 0 unspecified atom stereocenters. The molecule has 4 aromatic carbocycles. The quantitative estimate of drug-likeness (QED) is 0.0161. The molecular weight excluding hydrogens is 1570 g/mol. The van der Waals surface area contributed by atoms with Crippen LogP contribution in [0.25, 0.3) is 10.6 Å². The van der Waals surface area contributed by atoms with Gasteiger partial charge in [-0.1, -0.05) is 107 Å². The molecule has 0 aliphatic rings. The van der Waals surface area contributed by atoms with Gasteiger partial charge in [-0.25, -0.2) is 9.97 Å². The van der Waals surface area contributed by atoms with E-state index in [1.54, 1.807) is 55.6 Å². The number of aryl methyl sites for hydroxylation is 5. The predicted molar refractivity (Wildman–Crippen MR) is 341 cm³/mol. The molecule has 0 saturated carbocycles. The average molecular weight is 1630 g/mol. The number of nitrogens with zero attached hydrogens (tertiary/aromatic N) is 3. The van der Waals surface area contributed by atoms with E-state index in [9.17, 15) is 9.70 Å². The van der Waals surface area contributed by atoms with Gasteiger partial charge in [-0.2, -0.15) is 4.98 Å². The Kier molecular flexibility index (Phi) is 54.9. The van der Waals surface area contributed by atoms with Crippen LogP contribution in [0.15, 0.2) is 131 Å². The molecule has 3 aromatic heterocycles. The first-order valence-electron chi connectivity index (χ1n) is 20.4. The fraction of sp³-hybridized carbons (Fsp3) is 0.239. The number of aromatic amines is 1. The molecule has 0 spiro atoms. The summed E-state index contributed by atoms with van der Waals surface area (Å²) in [5.41, 5.74) is 34.1. The molecule has 3 heterocycles. The van der Waals surface area contributed by atoms with Crippen molar-refractivity contribution in [3.8, 4) is 10.6 Å². The first kappa shape index (κ1) is 81.9. The maximum atomic E-state index is 9.77. The summed E-state index contributed by atoms with van der Waals surface area (Å²) in [6, 6.07) is 30.7. The van der Waals surface area contributed by atoms with Crippen molar-refractivity contribution in [1.82, 2.24) is 9.97 Å². The second kappa shape index (κ2) is 50.3. The van der Waals surface area contributed by atoms with Crippen molar-refractivity contribution in [3.05, 3.63) is 159 Å². The van der Waals surface area contributed by atoms with Gasteiger partial charge in [-0.15, -0.1) is 44.6 Å². The van der Waals surface area contributed by atoms with Gasteiger partial charge < -0.3 is 50.9 Å². The van der Waals surface area contributed by atoms with E-state index in [2.05, 4.69) is 177 Å². The molecule has 0 fully saturated rings. The molecule has 7 aromatic rings. The minimum atomic E-state index is -1.24. The number of Topliss-reactive ketones (excluding diaryl/α,β-unsaturated/α-hetero) is 1. The number of carbonyl (C=O) groups excluding carboxylic acids is 1. The molecule has 0 aliphatic heterocycles. The number of thiazole rings is 3. The van der Waals surface area contributed by atoms with Crippen LogP contribution in [0.5, 0.6) is 0 Å². The monoisotopic (exact) mass is 1630 g/mol. The van der Waals surface area contributed by atoms with E-state index in [-0.39, 0.29) is 40.3 Å². The van der Waals surface area contributed by atoms with E-state index in [0.29, 0.717) is 15.9 Å². The summed E-state index contributed by atoms with van der Waals surface area (Å²) in [7, 11) is -1.24. The third-order valence-electron chi connectivity index (χ3n) is 6.91. The van der Waals surface area contributed by atoms with E-state index < -0.39 is 12.7 Å². The molecular formula is C46H62BBr7ClCuN9O6S4. The number of benzene rings is 4. The molecule has 421 valence electrons. The number of rotatable bonds is 5. The number of anilines is 3. The summed E-state index contributed by atoms with van der Waals surface area (Å²) < 4.78 is 3.17. The third-order valence-corrected chi connectivity index (χ3v) is 12.1. The Morgan fingerprint density at radius 3 is 1.37 bits per heavy atom. The van der Waals surface area contributed by atoms with E-state index in [1.165, 1.54) is 51.4 Å². The van der Waals surface area contributed by atoms with Crippen molar-refractivity contribution in [2.75, 3.05) is 22.5 Å². The van der Waals surface area contributed by atoms with Crippen LogP contribution in [-0.2, 0) is 25.8 Å². The van der Waals surface area contributed by atoms with E-state index in [1.807, 2.05) is 104 Å². The van der Waals surface area contributed by atoms with Crippen molar-refractivity contribution in [1.29, 1.82) is 0 Å². The number of alkyl halides is 1. The van der Waals surface area contributed by atoms with Crippen LogP contribution >= 0.6 is 155 Å². The summed E-state index contributed by atoms with van der Waals surface area (Å²) in [6.45, 7) is 16.8. The Morgan fingerprint density at radius 2 is 1.15 bits per heavy atom. The van der Waals surface area contributed by atoms with Gasteiger partial charge in [0.05, 0.1) is 22.0 Å². The van der Waals surface area contributed by atoms with Gasteiger partial charge in [0.25, 0.3) is 5.01 Å². The molecule has 0 atom stereocenters. The molecule has 0 amide bonds. The Hall–Kier alpha value is -1.96. The largest absolute Gasteiger partial charge is 1.00 e. The number of nitrogens with one attached hydrogen (secondary N) is 1. The minimum Gasteiger partial charge on any atom is -1.00 e. The van der Waals surface area contributed by atoms with Crippen molar-refractivity contribution in [2.45, 2.75) is 67.9 Å². The maximum absolute atomic E-state index is 9.77. The average Bonchev–Trinajstić information content (AvgIpc) is 4.06. The van der Waals surface area contributed by atoms with Gasteiger partial charge in [-0.3, -0.25) is 14.9 Å². The maximum Gasteiger partial charge on any atom is -1.00 e. The normalized spacial score (nSPS) is 9.03. The van der Waals surface area contributed by atoms with Gasteiger partial charge in [0.15, 0.2) is 25.2 Å². The summed E-state index contributed by atoms with van der Waals surface area (Å²) in [4.78, 5) is 38.4. The first-order valence-corrected chi connectivity index (χ1v) is 31.6. The fourth-order valence-corrected chi connectivity index (χ4v) is 6.75. The number of ketones is 1. The van der Waals surface area contributed by atoms with Gasteiger partial charge >= 0.3 is 46.7 Å². The molecule has 0 saturated heterocycles. The Morgan fingerprint density at radius 1 is 0.760 bits per heavy atom. The molecule has 29 heteroatoms. The molecule has 0 radical (unpaired) electrons. The zero-order valence-corrected chi connectivity index (χ0v) is 58.2. The number of thiocarbonyl (C=S) groups is 1. The van der Waals surface area contributed by atoms with E-state index in [0.717, 1.165) is 41.2 Å². The topological polar surface area (TPSA) is 275 Å². The second-order valence-corrected chi connectivity index (χ2v) is 26.4. The number of nitrogen functional groups attached to an aromatic ring is 3. The van der Waals surface area contributed by atoms with Crippen LogP contribution in [0.4, 0.5) is 16.5 Å². The van der Waals surface area contributed by atoms with E-state index >= 15 is 0 Å². The van der Waals surface area contributed by atoms with Crippen molar-refractivity contribution in [2.24, 2.45) is 16.8 Å². The molecule has 15 nitrogen and oxygen atoms in total. The first-order chi connectivity index (χ1) is 34.1. The SMILES string of the molecule is Br.CC(=O)CBr.CC(C)(C)ON=O.Cc1ccc(B(O)OO)cc1.Cc1ccc(Br)cc1.Cc1csc(-c2ccc(N)cc2)[nH+]1.Cc1csc(Br)n1.Cc1csc(N)n1.NC(N)=S.Nc1ccc(Br)cc1.[Br][Cu][Br].[Cl-]. The van der Waals surface area contributed by atoms with Crippen LogP contribution in [0.1, 0.15) is 55.9 Å². The van der Waals surface area contributed by atoms with Gasteiger partial charge in [0, 0.05) is 43.7 Å². The van der Waals surface area contributed by atoms with Crippen molar-refractivity contribution < 1.29 is 53.5 Å². The zero-order chi connectivity index (χ0) is 56.5. The van der Waals surface area contributed by atoms with Crippen LogP contribution < -0.4 is 51.5 Å².